The van der Waals surface area contributed by atoms with Crippen molar-refractivity contribution in [3.8, 4) is 0 Å². The van der Waals surface area contributed by atoms with Crippen molar-refractivity contribution in [2.45, 2.75) is 97.7 Å². The van der Waals surface area contributed by atoms with Crippen molar-refractivity contribution in [2.24, 2.45) is 5.41 Å². The Morgan fingerprint density at radius 2 is 1.86 bits per heavy atom. The molecule has 1 aromatic carbocycles. The Labute approximate surface area is 246 Å². The van der Waals surface area contributed by atoms with Crippen molar-refractivity contribution >= 4 is 63.1 Å². The maximum Gasteiger partial charge on any atom is 0.242 e. The molecule has 1 aliphatic rings. The number of ketones is 1. The van der Waals surface area contributed by atoms with Gasteiger partial charge in [0.05, 0.1) is 17.4 Å². The quantitative estimate of drug-likeness (QED) is 0.308. The zero-order valence-electron chi connectivity index (χ0n) is 22.5. The number of Topliss-reactive ketones (excluding diaryl/α,β-unsaturated/α-hetero) is 1. The number of hydrogen-bond donors (Lipinski definition) is 2. The Morgan fingerprint density at radius 3 is 2.49 bits per heavy atom. The number of benzene rings is 1. The summed E-state index contributed by atoms with van der Waals surface area (Å²) >= 11 is 5.99. The van der Waals surface area contributed by atoms with Gasteiger partial charge in [-0.25, -0.2) is 9.37 Å². The van der Waals surface area contributed by atoms with Crippen LogP contribution in [0.5, 0.6) is 0 Å². The lowest BCUT2D eigenvalue weighted by atomic mass is 9.83. The Hall–Kier alpha value is -1.29. The van der Waals surface area contributed by atoms with Gasteiger partial charge in [0.2, 0.25) is 5.91 Å². The van der Waals surface area contributed by atoms with E-state index in [1.54, 1.807) is 18.6 Å². The normalized spacial score (nSPS) is 16.2. The van der Waals surface area contributed by atoms with Crippen LogP contribution in [0.4, 0.5) is 10.2 Å². The molecule has 10 heteroatoms. The van der Waals surface area contributed by atoms with E-state index in [0.717, 1.165) is 30.4 Å². The zero-order chi connectivity index (χ0) is 26.0. The molecule has 0 saturated carbocycles. The smallest absolute Gasteiger partial charge is 0.242 e. The molecule has 1 heterocycles. The highest BCUT2D eigenvalue weighted by Crippen LogP contribution is 2.29. The first kappa shape index (κ1) is 33.7. The molecule has 0 spiro atoms. The molecule has 6 nitrogen and oxygen atoms in total. The van der Waals surface area contributed by atoms with Crippen molar-refractivity contribution in [1.29, 1.82) is 0 Å². The molecule has 37 heavy (non-hydrogen) atoms. The van der Waals surface area contributed by atoms with Crippen molar-refractivity contribution < 1.29 is 14.0 Å². The van der Waals surface area contributed by atoms with Gasteiger partial charge in [0.15, 0.2) is 5.82 Å². The van der Waals surface area contributed by atoms with Crippen LogP contribution in [0.25, 0.3) is 0 Å². The second-order valence-corrected chi connectivity index (χ2v) is 11.7. The number of nitrogens with zero attached hydrogens (tertiary/aromatic N) is 2. The molecule has 2 N–H and O–H groups in total. The Balaban J connectivity index is 0.00000342. The van der Waals surface area contributed by atoms with Crippen LogP contribution in [0.3, 0.4) is 0 Å². The molecule has 0 bridgehead atoms. The van der Waals surface area contributed by atoms with E-state index in [4.69, 9.17) is 11.6 Å². The summed E-state index contributed by atoms with van der Waals surface area (Å²) in [5, 5.41) is 6.58. The molecule has 0 unspecified atom stereocenters. The van der Waals surface area contributed by atoms with Crippen LogP contribution in [-0.4, -0.2) is 33.3 Å². The zero-order valence-corrected chi connectivity index (χ0v) is 26.7. The molecule has 1 aliphatic carbocycles. The lowest BCUT2D eigenvalue weighted by Crippen LogP contribution is -2.47. The van der Waals surface area contributed by atoms with Gasteiger partial charge in [-0.2, -0.15) is 0 Å². The van der Waals surface area contributed by atoms with E-state index >= 15 is 0 Å². The van der Waals surface area contributed by atoms with Gasteiger partial charge in [0, 0.05) is 29.6 Å². The predicted molar refractivity (Wildman–Crippen MR) is 159 cm³/mol. The van der Waals surface area contributed by atoms with Gasteiger partial charge in [0.25, 0.3) is 0 Å². The minimum Gasteiger partial charge on any atom is -0.329 e. The van der Waals surface area contributed by atoms with Gasteiger partial charge >= 0.3 is 0 Å². The fourth-order valence-corrected chi connectivity index (χ4v) is 4.62. The number of amides is 1. The van der Waals surface area contributed by atoms with Crippen molar-refractivity contribution in [3.05, 3.63) is 46.6 Å². The third-order valence-electron chi connectivity index (χ3n) is 6.76. The maximum absolute atomic E-state index is 13.8. The number of rotatable bonds is 9. The highest BCUT2D eigenvalue weighted by Gasteiger charge is 2.31. The molecule has 1 amide bonds. The van der Waals surface area contributed by atoms with E-state index in [9.17, 15) is 14.0 Å². The molecular formula is C27H40Br2ClFN4O2. The lowest BCUT2D eigenvalue weighted by molar-refractivity contribution is -0.128. The number of aryl methyl sites for hydroxylation is 1. The van der Waals surface area contributed by atoms with E-state index < -0.39 is 11.0 Å². The molecule has 0 fully saturated rings. The number of halogens is 4. The van der Waals surface area contributed by atoms with Crippen LogP contribution in [0, 0.1) is 11.2 Å². The van der Waals surface area contributed by atoms with Crippen molar-refractivity contribution in [3.63, 3.8) is 0 Å². The average molecular weight is 667 g/mol. The number of carbonyl (C=O) groups is 2. The van der Waals surface area contributed by atoms with Crippen LogP contribution in [-0.2, 0) is 28.0 Å². The van der Waals surface area contributed by atoms with Gasteiger partial charge in [-0.3, -0.25) is 9.59 Å². The summed E-state index contributed by atoms with van der Waals surface area (Å²) < 4.78 is 15.7. The van der Waals surface area contributed by atoms with Gasteiger partial charge in [-0.15, -0.1) is 34.0 Å². The van der Waals surface area contributed by atoms with Gasteiger partial charge in [-0.05, 0) is 62.8 Å². The third kappa shape index (κ3) is 8.87. The number of hydrogen-bond acceptors (Lipinski definition) is 4. The largest absolute Gasteiger partial charge is 0.329 e. The first-order valence-corrected chi connectivity index (χ1v) is 12.8. The van der Waals surface area contributed by atoms with E-state index in [0.29, 0.717) is 25.1 Å². The van der Waals surface area contributed by atoms with Crippen molar-refractivity contribution in [2.75, 3.05) is 5.32 Å². The number of fused-ring (bicyclic) bond motifs is 1. The molecule has 2 aromatic rings. The summed E-state index contributed by atoms with van der Waals surface area (Å²) in [5.74, 6) is 0.117. The predicted octanol–water partition coefficient (Wildman–Crippen LogP) is 6.83. The van der Waals surface area contributed by atoms with Crippen molar-refractivity contribution in [1.82, 2.24) is 14.9 Å². The van der Waals surface area contributed by atoms with Crippen LogP contribution in [0.15, 0.2) is 24.7 Å². The highest BCUT2D eigenvalue weighted by atomic mass is 79.9. The standard InChI is InChI=1S/C27H38ClFN4O2.2BrH/c1-7-8-22(31-19-10-9-17-13-21(29)20(28)12-18(17)11-19)25(35)32-24-15-33(16-30-24)27(5,6)14-23(34)26(2,3)4;;/h12-13,15-16,19,22,31H,7-11,14H2,1-6H3,(H,32,35);2*1H/t19-,22-;;/m0../s1. The minimum atomic E-state index is -0.461. The first-order chi connectivity index (χ1) is 16.3. The molecule has 1 aromatic heterocycles. The Kier molecular flexibility index (Phi) is 12.5. The number of carbonyl (C=O) groups excluding carboxylic acids is 2. The fraction of sp³-hybridized carbons (Fsp3) is 0.593. The molecular weight excluding hydrogens is 627 g/mol. The minimum absolute atomic E-state index is 0. The van der Waals surface area contributed by atoms with E-state index in [-0.39, 0.29) is 68.6 Å². The fourth-order valence-electron chi connectivity index (χ4n) is 4.44. The summed E-state index contributed by atoms with van der Waals surface area (Å²) in [7, 11) is 0. The second-order valence-electron chi connectivity index (χ2n) is 11.3. The number of nitrogens with one attached hydrogen (secondary N) is 2. The van der Waals surface area contributed by atoms with Crippen LogP contribution in [0.1, 0.15) is 78.4 Å². The van der Waals surface area contributed by atoms with E-state index in [2.05, 4.69) is 15.6 Å². The molecule has 0 aliphatic heterocycles. The topological polar surface area (TPSA) is 76.0 Å². The summed E-state index contributed by atoms with van der Waals surface area (Å²) in [6, 6.07) is 2.96. The second kappa shape index (κ2) is 13.7. The van der Waals surface area contributed by atoms with E-state index in [1.165, 1.54) is 6.07 Å². The molecule has 2 atom stereocenters. The maximum atomic E-state index is 13.8. The summed E-state index contributed by atoms with van der Waals surface area (Å²) in [4.78, 5) is 30.1. The summed E-state index contributed by atoms with van der Waals surface area (Å²) in [6.45, 7) is 11.8. The number of anilines is 1. The Morgan fingerprint density at radius 1 is 1.19 bits per heavy atom. The highest BCUT2D eigenvalue weighted by molar-refractivity contribution is 8.93. The van der Waals surface area contributed by atoms with Gasteiger partial charge in [0.1, 0.15) is 11.6 Å². The average Bonchev–Trinajstić information content (AvgIpc) is 3.23. The first-order valence-electron chi connectivity index (χ1n) is 12.4. The SMILES string of the molecule is Br.Br.CCC[C@H](N[C@H]1CCc2cc(F)c(Cl)cc2C1)C(=O)Nc1cn(C(C)(C)CC(=O)C(C)(C)C)cn1. The van der Waals surface area contributed by atoms with Crippen LogP contribution < -0.4 is 10.6 Å². The van der Waals surface area contributed by atoms with Crippen LogP contribution >= 0.6 is 45.6 Å². The lowest BCUT2D eigenvalue weighted by Gasteiger charge is -2.29. The van der Waals surface area contributed by atoms with Gasteiger partial charge < -0.3 is 15.2 Å². The van der Waals surface area contributed by atoms with Crippen LogP contribution in [0.2, 0.25) is 5.02 Å². The third-order valence-corrected chi connectivity index (χ3v) is 7.05. The number of aromatic nitrogens is 2. The summed E-state index contributed by atoms with van der Waals surface area (Å²) in [6.07, 6.45) is 7.62. The molecule has 3 rings (SSSR count). The monoisotopic (exact) mass is 664 g/mol. The Bertz CT molecular complexity index is 1080. The number of imidazole rings is 1. The summed E-state index contributed by atoms with van der Waals surface area (Å²) in [5.41, 5.74) is 1.14. The molecule has 0 radical (unpaired) electrons. The molecule has 0 saturated heterocycles. The molecule has 208 valence electrons. The van der Waals surface area contributed by atoms with E-state index in [1.807, 2.05) is 46.1 Å². The van der Waals surface area contributed by atoms with Gasteiger partial charge in [-0.1, -0.05) is 45.7 Å².